The van der Waals surface area contributed by atoms with Gasteiger partial charge in [-0.25, -0.2) is 9.97 Å². The number of piperidine rings is 1. The van der Waals surface area contributed by atoms with Gasteiger partial charge in [-0.2, -0.15) is 0 Å². The smallest absolute Gasteiger partial charge is 0.278 e. The second-order valence-electron chi connectivity index (χ2n) is 7.31. The zero-order valence-corrected chi connectivity index (χ0v) is 14.9. The van der Waals surface area contributed by atoms with E-state index in [1.165, 1.54) is 18.4 Å². The van der Waals surface area contributed by atoms with E-state index >= 15 is 0 Å². The second kappa shape index (κ2) is 6.47. The largest absolute Gasteiger partial charge is 0.355 e. The van der Waals surface area contributed by atoms with Crippen molar-refractivity contribution in [2.75, 3.05) is 22.9 Å². The molecule has 25 heavy (non-hydrogen) atoms. The van der Waals surface area contributed by atoms with Gasteiger partial charge in [0, 0.05) is 24.8 Å². The Kier molecular flexibility index (Phi) is 4.15. The van der Waals surface area contributed by atoms with Gasteiger partial charge in [-0.1, -0.05) is 25.1 Å². The third-order valence-corrected chi connectivity index (χ3v) is 5.26. The zero-order chi connectivity index (χ0) is 17.4. The number of aromatic nitrogens is 2. The minimum atomic E-state index is -0.0662. The number of fused-ring (bicyclic) bond motifs is 1. The van der Waals surface area contributed by atoms with Gasteiger partial charge < -0.3 is 9.80 Å². The van der Waals surface area contributed by atoms with E-state index in [1.807, 2.05) is 23.1 Å². The second-order valence-corrected chi connectivity index (χ2v) is 7.31. The van der Waals surface area contributed by atoms with Crippen LogP contribution in [0.25, 0.3) is 0 Å². The highest BCUT2D eigenvalue weighted by Gasteiger charge is 2.32. The van der Waals surface area contributed by atoms with E-state index in [0.717, 1.165) is 31.0 Å². The number of hydrogen-bond donors (Lipinski definition) is 0. The molecule has 4 rings (SSSR count). The van der Waals surface area contributed by atoms with Crippen molar-refractivity contribution >= 4 is 17.4 Å². The summed E-state index contributed by atoms with van der Waals surface area (Å²) in [4.78, 5) is 26.0. The molecule has 0 saturated carbocycles. The molecule has 2 unspecified atom stereocenters. The maximum atomic E-state index is 13.0. The standard InChI is InChI=1S/C20H24N4O/c1-14-6-5-9-23(13-14)19-12-21-17(11-22-19)20(25)24-15(2)10-16-7-3-4-8-18(16)24/h3-4,7-8,11-12,14-15H,5-6,9-10,13H2,1-2H3. The van der Waals surface area contributed by atoms with E-state index in [2.05, 4.69) is 34.8 Å². The lowest BCUT2D eigenvalue weighted by Gasteiger charge is -2.31. The summed E-state index contributed by atoms with van der Waals surface area (Å²) in [5, 5.41) is 0. The molecule has 1 fully saturated rings. The van der Waals surface area contributed by atoms with Crippen LogP contribution in [0.5, 0.6) is 0 Å². The Labute approximate surface area is 148 Å². The van der Waals surface area contributed by atoms with Crippen molar-refractivity contribution in [2.45, 2.75) is 39.2 Å². The Morgan fingerprint density at radius 3 is 2.76 bits per heavy atom. The van der Waals surface area contributed by atoms with Crippen molar-refractivity contribution in [2.24, 2.45) is 5.92 Å². The van der Waals surface area contributed by atoms with Gasteiger partial charge in [0.25, 0.3) is 5.91 Å². The SMILES string of the molecule is CC1CCCN(c2cnc(C(=O)N3c4ccccc4CC3C)cn2)C1. The van der Waals surface area contributed by atoms with Crippen LogP contribution < -0.4 is 9.80 Å². The number of para-hydroxylation sites is 1. The predicted octanol–water partition coefficient (Wildman–Crippen LogP) is 3.30. The lowest BCUT2D eigenvalue weighted by molar-refractivity contribution is 0.0976. The molecule has 0 bridgehead atoms. The fraction of sp³-hybridized carbons (Fsp3) is 0.450. The number of amides is 1. The van der Waals surface area contributed by atoms with E-state index < -0.39 is 0 Å². The summed E-state index contributed by atoms with van der Waals surface area (Å²) in [5.41, 5.74) is 2.63. The normalized spacial score (nSPS) is 22.8. The summed E-state index contributed by atoms with van der Waals surface area (Å²) in [6, 6.07) is 8.24. The summed E-state index contributed by atoms with van der Waals surface area (Å²) in [5.74, 6) is 1.49. The van der Waals surface area contributed by atoms with E-state index in [4.69, 9.17) is 0 Å². The molecule has 130 valence electrons. The molecule has 1 saturated heterocycles. The number of benzene rings is 1. The van der Waals surface area contributed by atoms with E-state index in [-0.39, 0.29) is 11.9 Å². The Balaban J connectivity index is 1.55. The van der Waals surface area contributed by atoms with Crippen molar-refractivity contribution in [3.8, 4) is 0 Å². The zero-order valence-electron chi connectivity index (χ0n) is 14.9. The van der Waals surface area contributed by atoms with Crippen LogP contribution in [0.15, 0.2) is 36.7 Å². The maximum Gasteiger partial charge on any atom is 0.278 e. The number of anilines is 2. The molecule has 1 aromatic carbocycles. The molecule has 0 N–H and O–H groups in total. The molecule has 2 aromatic rings. The van der Waals surface area contributed by atoms with Gasteiger partial charge in [0.15, 0.2) is 0 Å². The highest BCUT2D eigenvalue weighted by Crippen LogP contribution is 2.32. The highest BCUT2D eigenvalue weighted by atomic mass is 16.2. The Hall–Kier alpha value is -2.43. The molecule has 0 radical (unpaired) electrons. The molecule has 3 heterocycles. The van der Waals surface area contributed by atoms with Gasteiger partial charge in [0.2, 0.25) is 0 Å². The van der Waals surface area contributed by atoms with Crippen LogP contribution in [0.2, 0.25) is 0 Å². The first-order chi connectivity index (χ1) is 12.1. The van der Waals surface area contributed by atoms with Crippen LogP contribution in [0, 0.1) is 5.92 Å². The monoisotopic (exact) mass is 336 g/mol. The number of carbonyl (C=O) groups excluding carboxylic acids is 1. The number of nitrogens with zero attached hydrogens (tertiary/aromatic N) is 4. The van der Waals surface area contributed by atoms with Crippen LogP contribution in [-0.4, -0.2) is 35.0 Å². The molecule has 2 atom stereocenters. The van der Waals surface area contributed by atoms with Crippen molar-refractivity contribution in [3.63, 3.8) is 0 Å². The van der Waals surface area contributed by atoms with Crippen molar-refractivity contribution in [1.82, 2.24) is 9.97 Å². The first-order valence-electron chi connectivity index (χ1n) is 9.12. The molecule has 1 amide bonds. The Morgan fingerprint density at radius 1 is 1.16 bits per heavy atom. The van der Waals surface area contributed by atoms with E-state index in [0.29, 0.717) is 11.6 Å². The van der Waals surface area contributed by atoms with Crippen molar-refractivity contribution < 1.29 is 4.79 Å². The van der Waals surface area contributed by atoms with Crippen LogP contribution in [0.1, 0.15) is 42.7 Å². The Bertz CT molecular complexity index is 774. The molecular formula is C20H24N4O. The average molecular weight is 336 g/mol. The molecule has 5 heteroatoms. The van der Waals surface area contributed by atoms with Gasteiger partial charge in [-0.3, -0.25) is 4.79 Å². The third-order valence-electron chi connectivity index (χ3n) is 5.26. The molecule has 5 nitrogen and oxygen atoms in total. The van der Waals surface area contributed by atoms with Crippen LogP contribution in [-0.2, 0) is 6.42 Å². The molecule has 1 aromatic heterocycles. The molecule has 2 aliphatic rings. The third kappa shape index (κ3) is 2.99. The van der Waals surface area contributed by atoms with Crippen LogP contribution >= 0.6 is 0 Å². The topological polar surface area (TPSA) is 49.3 Å². The van der Waals surface area contributed by atoms with Crippen molar-refractivity contribution in [3.05, 3.63) is 47.9 Å². The Morgan fingerprint density at radius 2 is 2.00 bits per heavy atom. The number of carbonyl (C=O) groups is 1. The number of rotatable bonds is 2. The van der Waals surface area contributed by atoms with E-state index in [1.54, 1.807) is 12.4 Å². The molecule has 2 aliphatic heterocycles. The van der Waals surface area contributed by atoms with Gasteiger partial charge >= 0.3 is 0 Å². The van der Waals surface area contributed by atoms with Crippen LogP contribution in [0.4, 0.5) is 11.5 Å². The number of hydrogen-bond acceptors (Lipinski definition) is 4. The fourth-order valence-corrected chi connectivity index (χ4v) is 3.99. The van der Waals surface area contributed by atoms with Crippen molar-refractivity contribution in [1.29, 1.82) is 0 Å². The van der Waals surface area contributed by atoms with Gasteiger partial charge in [0.1, 0.15) is 11.5 Å². The van der Waals surface area contributed by atoms with E-state index in [9.17, 15) is 4.79 Å². The average Bonchev–Trinajstić information content (AvgIpc) is 2.97. The predicted molar refractivity (Wildman–Crippen MR) is 99.1 cm³/mol. The first kappa shape index (κ1) is 16.1. The summed E-state index contributed by atoms with van der Waals surface area (Å²) in [6.45, 7) is 6.37. The summed E-state index contributed by atoms with van der Waals surface area (Å²) < 4.78 is 0. The lowest BCUT2D eigenvalue weighted by Crippen LogP contribution is -2.37. The quantitative estimate of drug-likeness (QED) is 0.844. The summed E-state index contributed by atoms with van der Waals surface area (Å²) >= 11 is 0. The molecule has 0 spiro atoms. The summed E-state index contributed by atoms with van der Waals surface area (Å²) in [6.07, 6.45) is 6.72. The van der Waals surface area contributed by atoms with Gasteiger partial charge in [0.05, 0.1) is 12.4 Å². The van der Waals surface area contributed by atoms with Gasteiger partial charge in [-0.15, -0.1) is 0 Å². The molecule has 0 aliphatic carbocycles. The van der Waals surface area contributed by atoms with Crippen LogP contribution in [0.3, 0.4) is 0 Å². The minimum absolute atomic E-state index is 0.0662. The van der Waals surface area contributed by atoms with Gasteiger partial charge in [-0.05, 0) is 43.7 Å². The first-order valence-corrected chi connectivity index (χ1v) is 9.12. The fourth-order valence-electron chi connectivity index (χ4n) is 3.99. The maximum absolute atomic E-state index is 13.0. The minimum Gasteiger partial charge on any atom is -0.355 e. The lowest BCUT2D eigenvalue weighted by atomic mass is 10.0. The summed E-state index contributed by atoms with van der Waals surface area (Å²) in [7, 11) is 0. The highest BCUT2D eigenvalue weighted by molar-refractivity contribution is 6.06. The molecular weight excluding hydrogens is 312 g/mol.